The van der Waals surface area contributed by atoms with Gasteiger partial charge in [-0.2, -0.15) is 0 Å². The molecule has 1 aromatic heterocycles. The van der Waals surface area contributed by atoms with Gasteiger partial charge < -0.3 is 15.0 Å². The molecule has 7 nitrogen and oxygen atoms in total. The van der Waals surface area contributed by atoms with Gasteiger partial charge in [-0.3, -0.25) is 0 Å². The Bertz CT molecular complexity index is 1020. The zero-order valence-corrected chi connectivity index (χ0v) is 18.3. The van der Waals surface area contributed by atoms with Gasteiger partial charge in [-0.05, 0) is 74.3 Å². The summed E-state index contributed by atoms with van der Waals surface area (Å²) < 4.78 is 17.9. The summed E-state index contributed by atoms with van der Waals surface area (Å²) in [5.41, 5.74) is 6.96. The Hall–Kier alpha value is -2.81. The number of methoxy groups -OCH3 is 1. The summed E-state index contributed by atoms with van der Waals surface area (Å²) in [5.74, 6) is 0.897. The highest BCUT2D eigenvalue weighted by Gasteiger charge is 2.28. The monoisotopic (exact) mass is 441 g/mol. The van der Waals surface area contributed by atoms with Crippen LogP contribution in [0.5, 0.6) is 0 Å². The molecule has 2 aliphatic heterocycles. The van der Waals surface area contributed by atoms with Gasteiger partial charge in [0.05, 0.1) is 24.0 Å². The second kappa shape index (κ2) is 11.2. The molecule has 2 aromatic carbocycles. The molecular weight excluding hydrogens is 409 g/mol. The van der Waals surface area contributed by atoms with E-state index in [0.717, 1.165) is 48.1 Å². The maximum absolute atomic E-state index is 12.9. The lowest BCUT2D eigenvalue weighted by Gasteiger charge is -2.22. The first-order valence-electron chi connectivity index (χ1n) is 11.1. The summed E-state index contributed by atoms with van der Waals surface area (Å²) in [7, 11) is 1.69. The number of aromatic amines is 1. The van der Waals surface area contributed by atoms with Crippen LogP contribution in [0.1, 0.15) is 38.2 Å². The van der Waals surface area contributed by atoms with Crippen molar-refractivity contribution in [3.63, 3.8) is 0 Å². The number of halogens is 1. The molecule has 8 heteroatoms. The highest BCUT2D eigenvalue weighted by Crippen LogP contribution is 2.24. The van der Waals surface area contributed by atoms with Gasteiger partial charge in [0.15, 0.2) is 12.1 Å². The molecule has 1 saturated heterocycles. The zero-order chi connectivity index (χ0) is 22.2. The Morgan fingerprint density at radius 3 is 2.84 bits per heavy atom. The Labute approximate surface area is 188 Å². The summed E-state index contributed by atoms with van der Waals surface area (Å²) in [6, 6.07) is 12.4. The molecule has 5 rings (SSSR count). The molecule has 0 spiro atoms. The van der Waals surface area contributed by atoms with Crippen LogP contribution in [0.4, 0.5) is 4.39 Å². The fourth-order valence-corrected chi connectivity index (χ4v) is 3.98. The van der Waals surface area contributed by atoms with Crippen molar-refractivity contribution in [2.75, 3.05) is 20.2 Å². The van der Waals surface area contributed by atoms with Crippen molar-refractivity contribution in [3.05, 3.63) is 65.7 Å². The van der Waals surface area contributed by atoms with Crippen molar-refractivity contribution in [1.82, 2.24) is 20.8 Å². The van der Waals surface area contributed by atoms with E-state index >= 15 is 0 Å². The number of nitrogens with zero attached hydrogens (tertiary/aromatic N) is 2. The number of amidine groups is 1. The van der Waals surface area contributed by atoms with Crippen LogP contribution in [-0.2, 0) is 16.2 Å². The van der Waals surface area contributed by atoms with E-state index in [2.05, 4.69) is 25.8 Å². The van der Waals surface area contributed by atoms with Crippen molar-refractivity contribution in [2.45, 2.75) is 38.5 Å². The Balaban J connectivity index is 0.000000202. The first-order valence-corrected chi connectivity index (χ1v) is 11.1. The smallest absolute Gasteiger partial charge is 0.180 e. The van der Waals surface area contributed by atoms with Crippen LogP contribution < -0.4 is 10.8 Å². The molecule has 0 amide bonds. The van der Waals surface area contributed by atoms with Gasteiger partial charge in [0.2, 0.25) is 0 Å². The average molecular weight is 442 g/mol. The number of nitrogens with one attached hydrogen (secondary N) is 3. The third-order valence-corrected chi connectivity index (χ3v) is 5.72. The highest BCUT2D eigenvalue weighted by atomic mass is 19.1. The van der Waals surface area contributed by atoms with E-state index in [1.807, 2.05) is 18.2 Å². The summed E-state index contributed by atoms with van der Waals surface area (Å²) in [6.45, 7) is 2.78. The highest BCUT2D eigenvalue weighted by molar-refractivity contribution is 5.98. The number of aromatic nitrogens is 2. The van der Waals surface area contributed by atoms with E-state index in [-0.39, 0.29) is 13.5 Å². The Morgan fingerprint density at radius 2 is 2.00 bits per heavy atom. The van der Waals surface area contributed by atoms with Crippen LogP contribution in [-0.4, -0.2) is 42.2 Å². The lowest BCUT2D eigenvalue weighted by atomic mass is 9.95. The number of rotatable bonds is 4. The quantitative estimate of drug-likeness (QED) is 0.566. The van der Waals surface area contributed by atoms with Gasteiger partial charge in [0.25, 0.3) is 0 Å². The fraction of sp³-hybridized carbons (Fsp3) is 0.417. The number of H-pyrrole nitrogens is 1. The standard InChI is InChI=1S/C15H20FN3O.C9H10N2O.H2/c16-13-6-4-11(5-7-13)14-18-15(20-19-14)12-3-1-2-9-17-10-8-12;1-12-5-7-2-3-8-9(4-7)11-6-10-8;/h4-7,12,15,17H,1-3,8-10H2,(H,18,19);2-4,6H,5H2,1H3,(H,10,11);1H/t12?,15-;;/m1../s1. The van der Waals surface area contributed by atoms with Crippen LogP contribution in [0.25, 0.3) is 11.0 Å². The molecule has 0 radical (unpaired) electrons. The minimum atomic E-state index is -0.240. The molecule has 1 fully saturated rings. The van der Waals surface area contributed by atoms with Crippen molar-refractivity contribution in [2.24, 2.45) is 10.9 Å². The summed E-state index contributed by atoms with van der Waals surface area (Å²) in [5, 5.41) is 3.42. The molecule has 1 unspecified atom stereocenters. The van der Waals surface area contributed by atoms with Crippen LogP contribution in [0, 0.1) is 11.7 Å². The van der Waals surface area contributed by atoms with E-state index in [0.29, 0.717) is 18.4 Å². The van der Waals surface area contributed by atoms with E-state index in [4.69, 9.17) is 9.57 Å². The topological polar surface area (TPSA) is 83.6 Å². The summed E-state index contributed by atoms with van der Waals surface area (Å²) >= 11 is 0. The van der Waals surface area contributed by atoms with Crippen molar-refractivity contribution in [1.29, 1.82) is 0 Å². The third-order valence-electron chi connectivity index (χ3n) is 5.72. The molecule has 3 heterocycles. The Kier molecular flexibility index (Phi) is 7.82. The minimum absolute atomic E-state index is 0. The molecule has 2 aliphatic rings. The van der Waals surface area contributed by atoms with Gasteiger partial charge in [-0.1, -0.05) is 12.5 Å². The van der Waals surface area contributed by atoms with Crippen LogP contribution in [0.15, 0.2) is 53.8 Å². The van der Waals surface area contributed by atoms with Crippen LogP contribution in [0.3, 0.4) is 0 Å². The van der Waals surface area contributed by atoms with Gasteiger partial charge in [0, 0.05) is 20.0 Å². The van der Waals surface area contributed by atoms with E-state index in [9.17, 15) is 4.39 Å². The van der Waals surface area contributed by atoms with Gasteiger partial charge in [-0.15, -0.1) is 0 Å². The number of hydrogen-bond donors (Lipinski definition) is 3. The van der Waals surface area contributed by atoms with Gasteiger partial charge >= 0.3 is 0 Å². The van der Waals surface area contributed by atoms with Gasteiger partial charge in [0.1, 0.15) is 5.82 Å². The molecule has 3 N–H and O–H groups in total. The first-order chi connectivity index (χ1) is 15.7. The van der Waals surface area contributed by atoms with Gasteiger partial charge in [-0.25, -0.2) is 24.7 Å². The lowest BCUT2D eigenvalue weighted by Crippen LogP contribution is -2.29. The molecule has 3 aromatic rings. The molecule has 0 bridgehead atoms. The number of benzene rings is 2. The van der Waals surface area contributed by atoms with E-state index in [1.54, 1.807) is 25.6 Å². The molecule has 2 atom stereocenters. The maximum Gasteiger partial charge on any atom is 0.180 e. The fourth-order valence-electron chi connectivity index (χ4n) is 3.98. The SMILES string of the molecule is COCc1ccc2nc[nH]c2c1.Fc1ccc(C2=N[C@@H](C3CCCCNCC3)ON2)cc1.[HH]. The number of aliphatic imine (C=N–C) groups is 1. The largest absolute Gasteiger partial charge is 0.380 e. The number of hydrogen-bond acceptors (Lipinski definition) is 6. The first kappa shape index (κ1) is 22.4. The number of ether oxygens (including phenoxy) is 1. The third kappa shape index (κ3) is 5.91. The van der Waals surface area contributed by atoms with E-state index in [1.165, 1.54) is 25.0 Å². The second-order valence-electron chi connectivity index (χ2n) is 8.08. The average Bonchev–Trinajstić information content (AvgIpc) is 3.44. The maximum atomic E-state index is 12.9. The summed E-state index contributed by atoms with van der Waals surface area (Å²) in [4.78, 5) is 17.4. The zero-order valence-electron chi connectivity index (χ0n) is 18.3. The van der Waals surface area contributed by atoms with Crippen molar-refractivity contribution >= 4 is 16.9 Å². The molecular formula is C24H32FN5O2. The minimum Gasteiger partial charge on any atom is -0.380 e. The van der Waals surface area contributed by atoms with Crippen molar-refractivity contribution < 1.29 is 15.4 Å². The summed E-state index contributed by atoms with van der Waals surface area (Å²) in [6.07, 6.45) is 6.21. The van der Waals surface area contributed by atoms with E-state index < -0.39 is 0 Å². The number of imidazole rings is 1. The molecule has 0 aliphatic carbocycles. The molecule has 0 saturated carbocycles. The normalized spacial score (nSPS) is 21.1. The van der Waals surface area contributed by atoms with Crippen LogP contribution >= 0.6 is 0 Å². The second-order valence-corrected chi connectivity index (χ2v) is 8.08. The van der Waals surface area contributed by atoms with Crippen LogP contribution in [0.2, 0.25) is 0 Å². The molecule has 32 heavy (non-hydrogen) atoms. The van der Waals surface area contributed by atoms with Crippen molar-refractivity contribution in [3.8, 4) is 0 Å². The Morgan fingerprint density at radius 1 is 1.12 bits per heavy atom. The molecule has 172 valence electrons. The number of fused-ring (bicyclic) bond motifs is 1. The predicted molar refractivity (Wildman–Crippen MR) is 125 cm³/mol. The predicted octanol–water partition coefficient (Wildman–Crippen LogP) is 4.17. The lowest BCUT2D eigenvalue weighted by molar-refractivity contribution is -0.00510. The number of hydroxylamine groups is 1.